The highest BCUT2D eigenvalue weighted by molar-refractivity contribution is 5.90. The van der Waals surface area contributed by atoms with Gasteiger partial charge in [0.05, 0.1) is 5.56 Å². The summed E-state index contributed by atoms with van der Waals surface area (Å²) in [6.45, 7) is 6.22. The first-order valence-corrected chi connectivity index (χ1v) is 7.80. The standard InChI is InChI=1S/C17H25NO2/c1-3-18(4-2)15-12-10-14(11-13-15)17(19)20-16-8-6-5-7-9-16/h10-13,16H,3-9H2,1-2H3. The van der Waals surface area contributed by atoms with Crippen molar-refractivity contribution in [2.75, 3.05) is 18.0 Å². The minimum Gasteiger partial charge on any atom is -0.459 e. The number of hydrogen-bond acceptors (Lipinski definition) is 3. The molecule has 20 heavy (non-hydrogen) atoms. The number of benzene rings is 1. The maximum atomic E-state index is 12.1. The Morgan fingerprint density at radius 2 is 1.70 bits per heavy atom. The highest BCUT2D eigenvalue weighted by Crippen LogP contribution is 2.22. The molecule has 1 saturated carbocycles. The molecule has 0 atom stereocenters. The Hall–Kier alpha value is -1.51. The van der Waals surface area contributed by atoms with Gasteiger partial charge in [0.15, 0.2) is 0 Å². The first-order valence-electron chi connectivity index (χ1n) is 7.80. The van der Waals surface area contributed by atoms with Crippen LogP contribution in [0.3, 0.4) is 0 Å². The van der Waals surface area contributed by atoms with E-state index in [9.17, 15) is 4.79 Å². The number of rotatable bonds is 5. The molecule has 3 nitrogen and oxygen atoms in total. The summed E-state index contributed by atoms with van der Waals surface area (Å²) < 4.78 is 5.58. The van der Waals surface area contributed by atoms with Crippen LogP contribution in [0, 0.1) is 0 Å². The third-order valence-electron chi connectivity index (χ3n) is 4.06. The molecule has 3 heteroatoms. The molecule has 0 aromatic heterocycles. The van der Waals surface area contributed by atoms with Crippen LogP contribution in [0.5, 0.6) is 0 Å². The fourth-order valence-corrected chi connectivity index (χ4v) is 2.80. The van der Waals surface area contributed by atoms with Crippen molar-refractivity contribution < 1.29 is 9.53 Å². The van der Waals surface area contributed by atoms with Gasteiger partial charge in [-0.3, -0.25) is 0 Å². The van der Waals surface area contributed by atoms with E-state index >= 15 is 0 Å². The molecular weight excluding hydrogens is 250 g/mol. The third-order valence-corrected chi connectivity index (χ3v) is 4.06. The van der Waals surface area contributed by atoms with Crippen LogP contribution in [0.4, 0.5) is 5.69 Å². The van der Waals surface area contributed by atoms with Crippen LogP contribution in [0.15, 0.2) is 24.3 Å². The van der Waals surface area contributed by atoms with Gasteiger partial charge in [0.25, 0.3) is 0 Å². The minimum absolute atomic E-state index is 0.124. The summed E-state index contributed by atoms with van der Waals surface area (Å²) in [5, 5.41) is 0. The van der Waals surface area contributed by atoms with Crippen molar-refractivity contribution in [3.8, 4) is 0 Å². The Morgan fingerprint density at radius 3 is 2.25 bits per heavy atom. The second-order valence-electron chi connectivity index (χ2n) is 5.38. The first-order chi connectivity index (χ1) is 9.74. The van der Waals surface area contributed by atoms with Gasteiger partial charge in [-0.2, -0.15) is 0 Å². The molecule has 1 aliphatic rings. The van der Waals surface area contributed by atoms with Crippen LogP contribution in [0.1, 0.15) is 56.3 Å². The molecule has 0 N–H and O–H groups in total. The van der Waals surface area contributed by atoms with Crippen LogP contribution >= 0.6 is 0 Å². The Morgan fingerprint density at radius 1 is 1.10 bits per heavy atom. The average molecular weight is 275 g/mol. The summed E-state index contributed by atoms with van der Waals surface area (Å²) in [5.74, 6) is -0.178. The number of esters is 1. The lowest BCUT2D eigenvalue weighted by Crippen LogP contribution is -2.22. The number of nitrogens with zero attached hydrogens (tertiary/aromatic N) is 1. The molecule has 1 aromatic rings. The van der Waals surface area contributed by atoms with Gasteiger partial charge in [-0.1, -0.05) is 6.42 Å². The predicted octanol–water partition coefficient (Wildman–Crippen LogP) is 4.02. The molecule has 0 aliphatic heterocycles. The van der Waals surface area contributed by atoms with E-state index in [1.54, 1.807) is 0 Å². The third kappa shape index (κ3) is 3.75. The summed E-state index contributed by atoms with van der Waals surface area (Å²) in [4.78, 5) is 14.4. The Balaban J connectivity index is 1.96. The smallest absolute Gasteiger partial charge is 0.338 e. The van der Waals surface area contributed by atoms with Crippen LogP contribution in [-0.4, -0.2) is 25.2 Å². The van der Waals surface area contributed by atoms with Gasteiger partial charge < -0.3 is 9.64 Å². The Labute approximate surface area is 121 Å². The molecule has 0 unspecified atom stereocenters. The van der Waals surface area contributed by atoms with Gasteiger partial charge >= 0.3 is 5.97 Å². The van der Waals surface area contributed by atoms with Crippen molar-refractivity contribution in [1.82, 2.24) is 0 Å². The lowest BCUT2D eigenvalue weighted by atomic mass is 9.98. The molecule has 0 bridgehead atoms. The second kappa shape index (κ2) is 7.32. The monoisotopic (exact) mass is 275 g/mol. The molecule has 0 spiro atoms. The average Bonchev–Trinajstić information content (AvgIpc) is 2.50. The van der Waals surface area contributed by atoms with Crippen molar-refractivity contribution in [2.45, 2.75) is 52.1 Å². The van der Waals surface area contributed by atoms with Crippen LogP contribution in [-0.2, 0) is 4.74 Å². The maximum Gasteiger partial charge on any atom is 0.338 e. The van der Waals surface area contributed by atoms with Gasteiger partial charge in [0.1, 0.15) is 6.10 Å². The first kappa shape index (κ1) is 14.9. The van der Waals surface area contributed by atoms with E-state index in [1.165, 1.54) is 19.3 Å². The summed E-state index contributed by atoms with van der Waals surface area (Å²) in [6.07, 6.45) is 5.79. The maximum absolute atomic E-state index is 12.1. The number of ether oxygens (including phenoxy) is 1. The summed E-state index contributed by atoms with van der Waals surface area (Å²) in [6, 6.07) is 7.76. The lowest BCUT2D eigenvalue weighted by molar-refractivity contribution is 0.0211. The number of anilines is 1. The Bertz CT molecular complexity index is 417. The molecule has 110 valence electrons. The SMILES string of the molecule is CCN(CC)c1ccc(C(=O)OC2CCCCC2)cc1. The van der Waals surface area contributed by atoms with E-state index in [-0.39, 0.29) is 12.1 Å². The fourth-order valence-electron chi connectivity index (χ4n) is 2.80. The molecular formula is C17H25NO2. The quantitative estimate of drug-likeness (QED) is 0.760. The molecule has 1 fully saturated rings. The number of carbonyl (C=O) groups is 1. The minimum atomic E-state index is -0.178. The largest absolute Gasteiger partial charge is 0.459 e. The molecule has 1 aromatic carbocycles. The number of hydrogen-bond donors (Lipinski definition) is 0. The van der Waals surface area contributed by atoms with Crippen LogP contribution in [0.25, 0.3) is 0 Å². The fraction of sp³-hybridized carbons (Fsp3) is 0.588. The summed E-state index contributed by atoms with van der Waals surface area (Å²) >= 11 is 0. The highest BCUT2D eigenvalue weighted by atomic mass is 16.5. The Kier molecular flexibility index (Phi) is 5.45. The molecule has 0 amide bonds. The van der Waals surface area contributed by atoms with Gasteiger partial charge in [-0.05, 0) is 63.8 Å². The second-order valence-corrected chi connectivity index (χ2v) is 5.38. The molecule has 2 rings (SSSR count). The van der Waals surface area contributed by atoms with E-state index < -0.39 is 0 Å². The van der Waals surface area contributed by atoms with E-state index in [2.05, 4.69) is 18.7 Å². The normalized spacial score (nSPS) is 15.9. The lowest BCUT2D eigenvalue weighted by Gasteiger charge is -2.23. The topological polar surface area (TPSA) is 29.5 Å². The summed E-state index contributed by atoms with van der Waals surface area (Å²) in [7, 11) is 0. The van der Waals surface area contributed by atoms with Gasteiger partial charge in [0.2, 0.25) is 0 Å². The molecule has 0 heterocycles. The van der Waals surface area contributed by atoms with E-state index in [0.717, 1.165) is 31.6 Å². The zero-order chi connectivity index (χ0) is 14.4. The summed E-state index contributed by atoms with van der Waals surface area (Å²) in [5.41, 5.74) is 1.82. The number of carbonyl (C=O) groups excluding carboxylic acids is 1. The van der Waals surface area contributed by atoms with E-state index in [1.807, 2.05) is 24.3 Å². The van der Waals surface area contributed by atoms with Crippen molar-refractivity contribution in [3.63, 3.8) is 0 Å². The van der Waals surface area contributed by atoms with Crippen molar-refractivity contribution in [3.05, 3.63) is 29.8 Å². The zero-order valence-corrected chi connectivity index (χ0v) is 12.6. The van der Waals surface area contributed by atoms with Crippen molar-refractivity contribution in [2.24, 2.45) is 0 Å². The predicted molar refractivity (Wildman–Crippen MR) is 82.3 cm³/mol. The molecule has 0 saturated heterocycles. The van der Waals surface area contributed by atoms with Gasteiger partial charge in [-0.15, -0.1) is 0 Å². The van der Waals surface area contributed by atoms with Crippen molar-refractivity contribution >= 4 is 11.7 Å². The van der Waals surface area contributed by atoms with Crippen LogP contribution in [0.2, 0.25) is 0 Å². The molecule has 0 radical (unpaired) electrons. The van der Waals surface area contributed by atoms with E-state index in [0.29, 0.717) is 5.56 Å². The van der Waals surface area contributed by atoms with Crippen molar-refractivity contribution in [1.29, 1.82) is 0 Å². The highest BCUT2D eigenvalue weighted by Gasteiger charge is 2.18. The zero-order valence-electron chi connectivity index (χ0n) is 12.6. The van der Waals surface area contributed by atoms with Gasteiger partial charge in [0, 0.05) is 18.8 Å². The van der Waals surface area contributed by atoms with Crippen LogP contribution < -0.4 is 4.90 Å². The van der Waals surface area contributed by atoms with Gasteiger partial charge in [-0.25, -0.2) is 4.79 Å². The molecule has 1 aliphatic carbocycles. The van der Waals surface area contributed by atoms with E-state index in [4.69, 9.17) is 4.74 Å².